The monoisotopic (exact) mass is 1960 g/mol. The standard InChI is InChI=1S/C35H49N5O6S.C35H46N4O6S.C32H44N6O6S/c1-4-24(2)33(36)35(42)46-27-14-18-39(19-15-27)34(41)26-11-9-25(10-12-26)23-31-37-17-13-32(38-31)40-20-16-28-29(40)7-5-8-30(28)45-21-6-22-47(3,43)44;1-46(42,43)23-5-22-44-31-9-4-8-30-29(31)17-21-39(30)33-14-18-36-32(37-33)24-25-10-12-26(13-11-25)34(40)38-19-15-28(16-20-38)45-35(41)27-6-2-3-7-27;1-36(2)22-30(39)44-25-13-17-37(18-14-25)31(40)23-8-10-24(11-9-23)34-32-33-16-12-29(35-32)38-19-15-26-27(38)6-4-7-28(26)43-20-5-21-45(3,41)42/h5,7-8,13,16-17,20,24-27,33H,4,6,9-12,14-15,18-19,21-23,36H2,1-3H3;4,8-9,14,17-18,21,25-28H,2-3,5-7,10-13,15-16,19-20,22-24H2,1H3;4,6-7,12,15-16,19,23-25H,5,8-11,13-14,17-18,20-22H2,1-3H3,(H,33,34,35)/t24-,25?,26?,33-;;/m0../s1. The summed E-state index contributed by atoms with van der Waals surface area (Å²) in [7, 11) is -5.38. The molecule has 138 heavy (non-hydrogen) atoms. The van der Waals surface area contributed by atoms with Crippen molar-refractivity contribution in [3.8, 4) is 34.7 Å². The Morgan fingerprint density at radius 1 is 0.442 bits per heavy atom. The van der Waals surface area contributed by atoms with E-state index in [2.05, 4.69) is 20.3 Å². The number of likely N-dealkylation sites (tertiary alicyclic amines) is 3. The zero-order chi connectivity index (χ0) is 97.6. The maximum Gasteiger partial charge on any atom is 0.323 e. The molecule has 7 aliphatic rings. The Labute approximate surface area is 811 Å². The largest absolute Gasteiger partial charge is 0.493 e. The van der Waals surface area contributed by atoms with Crippen molar-refractivity contribution >= 4 is 104 Å². The molecule has 33 nitrogen and oxygen atoms in total. The van der Waals surface area contributed by atoms with Crippen molar-refractivity contribution in [2.75, 3.05) is 121 Å². The van der Waals surface area contributed by atoms with Gasteiger partial charge in [0.05, 0.1) is 66.1 Å². The summed E-state index contributed by atoms with van der Waals surface area (Å²) in [4.78, 5) is 113. The third-order valence-electron chi connectivity index (χ3n) is 28.1. The molecule has 4 aliphatic carbocycles. The van der Waals surface area contributed by atoms with Crippen LogP contribution in [0, 0.1) is 41.4 Å². The Bertz CT molecular complexity index is 5960. The molecule has 9 aromatic rings. The van der Waals surface area contributed by atoms with Crippen LogP contribution in [0.25, 0.3) is 50.2 Å². The number of piperidine rings is 3. The fourth-order valence-electron chi connectivity index (χ4n) is 20.1. The highest BCUT2D eigenvalue weighted by atomic mass is 32.2. The molecule has 4 saturated carbocycles. The molecule has 7 fully saturated rings. The summed E-state index contributed by atoms with van der Waals surface area (Å²) in [5.74, 6) is 8.08. The molecule has 0 radical (unpaired) electrons. The summed E-state index contributed by atoms with van der Waals surface area (Å²) in [6.45, 7) is 9.04. The smallest absolute Gasteiger partial charge is 0.323 e. The molecular weight excluding hydrogens is 1820 g/mol. The molecule has 3 aromatic carbocycles. The number of likely N-dealkylation sites (N-methyl/N-ethyl adjacent to an activating group) is 1. The lowest BCUT2D eigenvalue weighted by atomic mass is 9.79. The van der Waals surface area contributed by atoms with Gasteiger partial charge in [0.2, 0.25) is 23.7 Å². The van der Waals surface area contributed by atoms with E-state index in [1.54, 1.807) is 23.5 Å². The van der Waals surface area contributed by atoms with E-state index < -0.39 is 35.6 Å². The van der Waals surface area contributed by atoms with Crippen LogP contribution in [0.4, 0.5) is 5.95 Å². The lowest BCUT2D eigenvalue weighted by Gasteiger charge is -2.36. The molecule has 0 bridgehead atoms. The Kier molecular flexibility index (Phi) is 36.2. The zero-order valence-corrected chi connectivity index (χ0v) is 83.5. The highest BCUT2D eigenvalue weighted by molar-refractivity contribution is 7.91. The molecule has 16 rings (SSSR count). The van der Waals surface area contributed by atoms with Gasteiger partial charge in [-0.25, -0.2) is 50.2 Å². The first-order valence-corrected chi connectivity index (χ1v) is 55.8. The van der Waals surface area contributed by atoms with Crippen LogP contribution in [0.5, 0.6) is 17.2 Å². The molecule has 6 aromatic heterocycles. The average molecular weight is 1960 g/mol. The molecule has 0 spiro atoms. The number of benzene rings is 3. The van der Waals surface area contributed by atoms with Gasteiger partial charge in [-0.3, -0.25) is 33.7 Å². The van der Waals surface area contributed by atoms with Crippen molar-refractivity contribution < 1.29 is 82.4 Å². The van der Waals surface area contributed by atoms with Crippen molar-refractivity contribution in [1.29, 1.82) is 0 Å². The van der Waals surface area contributed by atoms with Gasteiger partial charge in [-0.15, -0.1) is 0 Å². The number of hydrogen-bond donors (Lipinski definition) is 2. The van der Waals surface area contributed by atoms with Crippen LogP contribution in [0.2, 0.25) is 0 Å². The van der Waals surface area contributed by atoms with Crippen molar-refractivity contribution in [2.45, 2.75) is 224 Å². The van der Waals surface area contributed by atoms with Gasteiger partial charge < -0.3 is 67.9 Å². The average Bonchev–Trinajstić information content (AvgIpc) is 1.64. The van der Waals surface area contributed by atoms with Crippen LogP contribution in [0.1, 0.15) is 192 Å². The van der Waals surface area contributed by atoms with Gasteiger partial charge in [0.25, 0.3) is 0 Å². The van der Waals surface area contributed by atoms with E-state index in [1.807, 2.05) is 166 Å². The summed E-state index contributed by atoms with van der Waals surface area (Å²) in [5.41, 5.74) is 8.87. The third-order valence-corrected chi connectivity index (χ3v) is 31.2. The Balaban J connectivity index is 0.000000165. The normalized spacial score (nSPS) is 20.5. The number of ether oxygens (including phenoxy) is 6. The van der Waals surface area contributed by atoms with Crippen molar-refractivity contribution in [3.05, 3.63) is 140 Å². The first-order chi connectivity index (χ1) is 66.3. The molecule has 9 heterocycles. The molecule has 2 atom stereocenters. The highest BCUT2D eigenvalue weighted by Crippen LogP contribution is 2.39. The van der Waals surface area contributed by atoms with Gasteiger partial charge >= 0.3 is 17.9 Å². The number of carbonyl (C=O) groups excluding carboxylic acids is 6. The number of nitrogens with two attached hydrogens (primary N) is 1. The Morgan fingerprint density at radius 2 is 0.804 bits per heavy atom. The molecule has 0 unspecified atom stereocenters. The van der Waals surface area contributed by atoms with Gasteiger partial charge in [0.1, 0.15) is 100 Å². The number of aromatic nitrogens is 9. The number of anilines is 1. The molecular formula is C102H139N15O18S3. The van der Waals surface area contributed by atoms with E-state index in [-0.39, 0.29) is 113 Å². The van der Waals surface area contributed by atoms with E-state index in [1.165, 1.54) is 18.8 Å². The van der Waals surface area contributed by atoms with E-state index in [9.17, 15) is 54.0 Å². The maximum atomic E-state index is 13.3. The van der Waals surface area contributed by atoms with Crippen LogP contribution in [0.15, 0.2) is 128 Å². The predicted octanol–water partition coefficient (Wildman–Crippen LogP) is 13.1. The van der Waals surface area contributed by atoms with E-state index in [0.717, 1.165) is 202 Å². The summed E-state index contributed by atoms with van der Waals surface area (Å²) in [6.07, 6.45) is 37.2. The molecule has 3 saturated heterocycles. The summed E-state index contributed by atoms with van der Waals surface area (Å²) in [5, 5.41) is 6.28. The van der Waals surface area contributed by atoms with Gasteiger partial charge in [0, 0.05) is 187 Å². The molecule has 748 valence electrons. The molecule has 3 amide bonds. The van der Waals surface area contributed by atoms with Crippen LogP contribution < -0.4 is 25.3 Å². The van der Waals surface area contributed by atoms with E-state index in [4.69, 9.17) is 49.1 Å². The van der Waals surface area contributed by atoms with Crippen LogP contribution in [0.3, 0.4) is 0 Å². The fourth-order valence-corrected chi connectivity index (χ4v) is 22.0. The number of esters is 3. The minimum atomic E-state index is -3.02. The number of hydrogen-bond acceptors (Lipinski definition) is 27. The van der Waals surface area contributed by atoms with Gasteiger partial charge in [0.15, 0.2) is 0 Å². The minimum Gasteiger partial charge on any atom is -0.493 e. The van der Waals surface area contributed by atoms with Crippen LogP contribution in [-0.4, -0.2) is 270 Å². The number of carbonyl (C=O) groups is 6. The Morgan fingerprint density at radius 3 is 1.18 bits per heavy atom. The number of sulfone groups is 3. The minimum absolute atomic E-state index is 0.0113. The number of amides is 3. The van der Waals surface area contributed by atoms with E-state index in [0.29, 0.717) is 133 Å². The number of fused-ring (bicyclic) bond motifs is 3. The summed E-state index contributed by atoms with van der Waals surface area (Å²) >= 11 is 0. The second-order valence-electron chi connectivity index (χ2n) is 39.1. The second kappa shape index (κ2) is 48.5. The van der Waals surface area contributed by atoms with Crippen molar-refractivity contribution in [1.82, 2.24) is 63.2 Å². The lowest BCUT2D eigenvalue weighted by molar-refractivity contribution is -0.158. The molecule has 36 heteroatoms. The summed E-state index contributed by atoms with van der Waals surface area (Å²) < 4.78 is 109. The SMILES string of the molecule is CC[C@H](C)[C@H](N)C(=O)OC1CCN(C(=O)C2CCC(Cc3nccc(-n4ccc5c(OCCCS(C)(=O)=O)cccc54)n3)CC2)CC1.CN(C)CC(=O)OC1CCN(C(=O)C2CCC(Nc3nccc(-n4ccc5c(OCCCS(C)(=O)=O)cccc54)n3)CC2)CC1.CS(=O)(=O)CCCOc1cccc2c1ccn2-c1ccnc(CC2CCC(C(=O)N3CCC(OC(=O)C4CCCC4)CC3)CC2)n1. The molecule has 3 N–H and O–H groups in total. The fraction of sp³-hybridized carbons (Fsp3) is 0.588. The molecule has 3 aliphatic heterocycles. The second-order valence-corrected chi connectivity index (χ2v) is 45.9. The first-order valence-electron chi connectivity index (χ1n) is 49.6. The number of nitrogens with zero attached hydrogens (tertiary/aromatic N) is 13. The highest BCUT2D eigenvalue weighted by Gasteiger charge is 2.39. The van der Waals surface area contributed by atoms with Crippen molar-refractivity contribution in [3.63, 3.8) is 0 Å². The lowest BCUT2D eigenvalue weighted by Crippen LogP contribution is -2.46. The van der Waals surface area contributed by atoms with E-state index >= 15 is 0 Å². The summed E-state index contributed by atoms with van der Waals surface area (Å²) in [6, 6.07) is 28.6. The number of nitrogens with one attached hydrogen (secondary N) is 1. The maximum absolute atomic E-state index is 13.3. The van der Waals surface area contributed by atoms with Gasteiger partial charge in [-0.1, -0.05) is 51.3 Å². The van der Waals surface area contributed by atoms with Crippen LogP contribution in [-0.2, 0) is 85.3 Å². The quantitative estimate of drug-likeness (QED) is 0.0209. The third kappa shape index (κ3) is 29.2. The first kappa shape index (κ1) is 103. The predicted molar refractivity (Wildman–Crippen MR) is 529 cm³/mol. The topological polar surface area (TPSA) is 403 Å². The van der Waals surface area contributed by atoms with Crippen molar-refractivity contribution in [2.24, 2.45) is 47.2 Å². The van der Waals surface area contributed by atoms with Gasteiger partial charge in [-0.05, 0) is 214 Å². The number of rotatable bonds is 36. The van der Waals surface area contributed by atoms with Gasteiger partial charge in [-0.2, -0.15) is 4.98 Å². The zero-order valence-electron chi connectivity index (χ0n) is 81.0. The van der Waals surface area contributed by atoms with Crippen LogP contribution >= 0.6 is 0 Å². The Hall–Kier alpha value is -10.7.